The largest absolute Gasteiger partial charge is 0.376 e. The maximum Gasteiger partial charge on any atom is 0.241 e. The first-order chi connectivity index (χ1) is 9.25. The van der Waals surface area contributed by atoms with Gasteiger partial charge in [-0.3, -0.25) is 4.79 Å². The Hall–Kier alpha value is -1.50. The summed E-state index contributed by atoms with van der Waals surface area (Å²) in [5.74, 6) is 0.526. The van der Waals surface area contributed by atoms with Crippen LogP contribution < -0.4 is 5.32 Å². The van der Waals surface area contributed by atoms with Crippen LogP contribution in [0.5, 0.6) is 0 Å². The highest BCUT2D eigenvalue weighted by Crippen LogP contribution is 2.25. The highest BCUT2D eigenvalue weighted by Gasteiger charge is 2.21. The van der Waals surface area contributed by atoms with Crippen LogP contribution in [0.1, 0.15) is 32.6 Å². The number of hydrogen-bond donors (Lipinski definition) is 1. The second-order valence-electron chi connectivity index (χ2n) is 5.03. The predicted molar refractivity (Wildman–Crippen MR) is 68.2 cm³/mol. The molecule has 1 N–H and O–H groups in total. The lowest BCUT2D eigenvalue weighted by Gasteiger charge is -2.28. The van der Waals surface area contributed by atoms with E-state index in [9.17, 15) is 4.79 Å². The smallest absolute Gasteiger partial charge is 0.241 e. The Morgan fingerprint density at radius 1 is 1.47 bits per heavy atom. The fraction of sp³-hybridized carbons (Fsp3) is 0.833. The third-order valence-electron chi connectivity index (χ3n) is 3.49. The molecule has 1 aromatic heterocycles. The highest BCUT2D eigenvalue weighted by molar-refractivity contribution is 5.75. The number of rotatable bonds is 6. The third kappa shape index (κ3) is 4.59. The van der Waals surface area contributed by atoms with Gasteiger partial charge < -0.3 is 10.1 Å². The van der Waals surface area contributed by atoms with Crippen molar-refractivity contribution in [2.45, 2.75) is 45.3 Å². The summed E-state index contributed by atoms with van der Waals surface area (Å²) in [6.07, 6.45) is 6.71. The summed E-state index contributed by atoms with van der Waals surface area (Å²) in [6, 6.07) is 0. The van der Waals surface area contributed by atoms with E-state index in [-0.39, 0.29) is 12.5 Å². The van der Waals surface area contributed by atoms with Gasteiger partial charge in [0.1, 0.15) is 12.9 Å². The lowest BCUT2D eigenvalue weighted by atomic mass is 9.88. The molecule has 106 valence electrons. The van der Waals surface area contributed by atoms with Crippen molar-refractivity contribution in [2.75, 3.05) is 13.2 Å². The van der Waals surface area contributed by atoms with Crippen molar-refractivity contribution in [2.24, 2.45) is 5.92 Å². The van der Waals surface area contributed by atoms with Crippen LogP contribution in [0.4, 0.5) is 0 Å². The standard InChI is InChI=1S/C12H21N5O2/c1-10-4-2-3-5-11(10)19-7-6-13-12(18)8-17-9-14-15-16-17/h9-11H,2-8H2,1H3,(H,13,18)/t10-,11-/m1/s1. The molecule has 2 rings (SSSR count). The first kappa shape index (κ1) is 13.9. The van der Waals surface area contributed by atoms with E-state index in [2.05, 4.69) is 27.8 Å². The fourth-order valence-electron chi connectivity index (χ4n) is 2.39. The molecule has 1 aliphatic carbocycles. The third-order valence-corrected chi connectivity index (χ3v) is 3.49. The molecule has 0 bridgehead atoms. The van der Waals surface area contributed by atoms with Crippen LogP contribution >= 0.6 is 0 Å². The molecule has 1 amide bonds. The second kappa shape index (κ2) is 7.18. The van der Waals surface area contributed by atoms with Crippen LogP contribution in [0.15, 0.2) is 6.33 Å². The SMILES string of the molecule is C[C@@H]1CCCC[C@H]1OCCNC(=O)Cn1cnnn1. The van der Waals surface area contributed by atoms with Gasteiger partial charge in [0.2, 0.25) is 5.91 Å². The van der Waals surface area contributed by atoms with Crippen molar-refractivity contribution in [1.82, 2.24) is 25.5 Å². The van der Waals surface area contributed by atoms with Crippen molar-refractivity contribution >= 4 is 5.91 Å². The summed E-state index contributed by atoms with van der Waals surface area (Å²) in [6.45, 7) is 3.48. The predicted octanol–water partition coefficient (Wildman–Crippen LogP) is 0.385. The summed E-state index contributed by atoms with van der Waals surface area (Å²) >= 11 is 0. The van der Waals surface area contributed by atoms with Gasteiger partial charge in [-0.25, -0.2) is 4.68 Å². The molecule has 7 nitrogen and oxygen atoms in total. The molecule has 0 spiro atoms. The number of carbonyl (C=O) groups is 1. The number of tetrazole rings is 1. The summed E-state index contributed by atoms with van der Waals surface area (Å²) in [5, 5.41) is 13.4. The number of nitrogens with one attached hydrogen (secondary N) is 1. The van der Waals surface area contributed by atoms with E-state index in [4.69, 9.17) is 4.74 Å². The molecule has 0 unspecified atom stereocenters. The minimum atomic E-state index is -0.104. The summed E-state index contributed by atoms with van der Waals surface area (Å²) < 4.78 is 7.21. The Labute approximate surface area is 112 Å². The Morgan fingerprint density at radius 3 is 3.05 bits per heavy atom. The van der Waals surface area contributed by atoms with E-state index < -0.39 is 0 Å². The van der Waals surface area contributed by atoms with E-state index >= 15 is 0 Å². The van der Waals surface area contributed by atoms with Crippen molar-refractivity contribution in [3.8, 4) is 0 Å². The highest BCUT2D eigenvalue weighted by atomic mass is 16.5. The van der Waals surface area contributed by atoms with Gasteiger partial charge in [-0.1, -0.05) is 19.8 Å². The molecular weight excluding hydrogens is 246 g/mol. The van der Waals surface area contributed by atoms with E-state index in [1.165, 1.54) is 30.3 Å². The summed E-state index contributed by atoms with van der Waals surface area (Å²) in [5.41, 5.74) is 0. The molecule has 0 saturated heterocycles. The molecule has 0 aromatic carbocycles. The Kier molecular flexibility index (Phi) is 5.26. The molecule has 1 heterocycles. The molecule has 0 aliphatic heterocycles. The Bertz CT molecular complexity index is 381. The van der Waals surface area contributed by atoms with Gasteiger partial charge in [0.05, 0.1) is 12.7 Å². The zero-order valence-corrected chi connectivity index (χ0v) is 11.3. The van der Waals surface area contributed by atoms with Crippen molar-refractivity contribution in [3.05, 3.63) is 6.33 Å². The van der Waals surface area contributed by atoms with Crippen LogP contribution in [0, 0.1) is 5.92 Å². The maximum absolute atomic E-state index is 11.5. The second-order valence-corrected chi connectivity index (χ2v) is 5.03. The van der Waals surface area contributed by atoms with Crippen molar-refractivity contribution in [1.29, 1.82) is 0 Å². The van der Waals surface area contributed by atoms with E-state index in [0.29, 0.717) is 25.2 Å². The Morgan fingerprint density at radius 2 is 2.32 bits per heavy atom. The number of ether oxygens (including phenoxy) is 1. The number of aromatic nitrogens is 4. The van der Waals surface area contributed by atoms with Crippen molar-refractivity contribution < 1.29 is 9.53 Å². The van der Waals surface area contributed by atoms with Gasteiger partial charge in [-0.05, 0) is 29.2 Å². The molecule has 1 aromatic rings. The average Bonchev–Trinajstić information content (AvgIpc) is 2.89. The van der Waals surface area contributed by atoms with Crippen molar-refractivity contribution in [3.63, 3.8) is 0 Å². The number of amides is 1. The number of nitrogens with zero attached hydrogens (tertiary/aromatic N) is 4. The minimum Gasteiger partial charge on any atom is -0.376 e. The van der Waals surface area contributed by atoms with Gasteiger partial charge in [-0.15, -0.1) is 5.10 Å². The van der Waals surface area contributed by atoms with Gasteiger partial charge in [0.15, 0.2) is 0 Å². The van der Waals surface area contributed by atoms with Crippen LogP contribution in [-0.4, -0.2) is 45.4 Å². The molecule has 0 radical (unpaired) electrons. The first-order valence-electron chi connectivity index (χ1n) is 6.85. The van der Waals surface area contributed by atoms with Crippen LogP contribution in [0.2, 0.25) is 0 Å². The van der Waals surface area contributed by atoms with Gasteiger partial charge in [-0.2, -0.15) is 0 Å². The molecule has 2 atom stereocenters. The molecular formula is C12H21N5O2. The van der Waals surface area contributed by atoms with Gasteiger partial charge >= 0.3 is 0 Å². The molecule has 1 saturated carbocycles. The van der Waals surface area contributed by atoms with Crippen LogP contribution in [-0.2, 0) is 16.1 Å². The topological polar surface area (TPSA) is 81.9 Å². The molecule has 7 heteroatoms. The zero-order valence-electron chi connectivity index (χ0n) is 11.3. The lowest BCUT2D eigenvalue weighted by Crippen LogP contribution is -2.33. The summed E-state index contributed by atoms with van der Waals surface area (Å²) in [4.78, 5) is 11.5. The van der Waals surface area contributed by atoms with E-state index in [0.717, 1.165) is 6.42 Å². The zero-order chi connectivity index (χ0) is 13.5. The Balaban J connectivity index is 1.57. The number of carbonyl (C=O) groups excluding carboxylic acids is 1. The minimum absolute atomic E-state index is 0.104. The molecule has 1 aliphatic rings. The van der Waals surface area contributed by atoms with E-state index in [1.54, 1.807) is 0 Å². The van der Waals surface area contributed by atoms with Gasteiger partial charge in [0.25, 0.3) is 0 Å². The molecule has 19 heavy (non-hydrogen) atoms. The van der Waals surface area contributed by atoms with E-state index in [1.807, 2.05) is 0 Å². The van der Waals surface area contributed by atoms with Gasteiger partial charge in [0, 0.05) is 6.54 Å². The van der Waals surface area contributed by atoms with Crippen LogP contribution in [0.25, 0.3) is 0 Å². The van der Waals surface area contributed by atoms with Crippen LogP contribution in [0.3, 0.4) is 0 Å². The fourth-order valence-corrected chi connectivity index (χ4v) is 2.39. The average molecular weight is 267 g/mol. The lowest BCUT2D eigenvalue weighted by molar-refractivity contribution is -0.122. The first-order valence-corrected chi connectivity index (χ1v) is 6.85. The number of hydrogen-bond acceptors (Lipinski definition) is 5. The monoisotopic (exact) mass is 267 g/mol. The quantitative estimate of drug-likeness (QED) is 0.754. The maximum atomic E-state index is 11.5. The molecule has 1 fully saturated rings. The summed E-state index contributed by atoms with van der Waals surface area (Å²) in [7, 11) is 0. The normalized spacial score (nSPS) is 23.2.